The first-order chi connectivity index (χ1) is 9.43. The molecule has 2 aromatic rings. The van der Waals surface area contributed by atoms with Gasteiger partial charge in [0.25, 0.3) is 0 Å². The maximum atomic E-state index is 5.96. The minimum absolute atomic E-state index is 0.804. The van der Waals surface area contributed by atoms with E-state index in [1.54, 1.807) is 0 Å². The summed E-state index contributed by atoms with van der Waals surface area (Å²) in [7, 11) is 0. The number of rotatable bonds is 4. The van der Waals surface area contributed by atoms with Crippen LogP contribution in [0.4, 0.5) is 0 Å². The van der Waals surface area contributed by atoms with Gasteiger partial charge in [-0.2, -0.15) is 0 Å². The summed E-state index contributed by atoms with van der Waals surface area (Å²) < 4.78 is 5.96. The lowest BCUT2D eigenvalue weighted by molar-refractivity contribution is 0.254. The smallest absolute Gasteiger partial charge is 0.128 e. The minimum Gasteiger partial charge on any atom is -0.493 e. The molecule has 1 N–H and O–H groups in total. The molecule has 0 bridgehead atoms. The largest absolute Gasteiger partial charge is 0.493 e. The van der Waals surface area contributed by atoms with Gasteiger partial charge in [-0.25, -0.2) is 0 Å². The number of ether oxygens (including phenoxy) is 1. The Hall–Kier alpha value is -1.61. The van der Waals surface area contributed by atoms with Gasteiger partial charge in [-0.15, -0.1) is 0 Å². The first kappa shape index (κ1) is 12.4. The van der Waals surface area contributed by atoms with Crippen molar-refractivity contribution in [3.8, 4) is 5.75 Å². The molecule has 0 spiro atoms. The molecule has 1 saturated heterocycles. The zero-order valence-corrected chi connectivity index (χ0v) is 11.1. The number of benzene rings is 1. The van der Waals surface area contributed by atoms with Gasteiger partial charge in [-0.3, -0.25) is 4.98 Å². The second-order valence-corrected chi connectivity index (χ2v) is 5.16. The molecule has 0 radical (unpaired) electrons. The van der Waals surface area contributed by atoms with Crippen molar-refractivity contribution in [3.05, 3.63) is 36.5 Å². The molecule has 100 valence electrons. The van der Waals surface area contributed by atoms with Crippen molar-refractivity contribution < 1.29 is 4.74 Å². The lowest BCUT2D eigenvalue weighted by Gasteiger charge is -2.22. The van der Waals surface area contributed by atoms with E-state index in [2.05, 4.69) is 16.4 Å². The first-order valence-electron chi connectivity index (χ1n) is 7.11. The second kappa shape index (κ2) is 6.02. The fraction of sp³-hybridized carbons (Fsp3) is 0.438. The molecule has 3 heteroatoms. The number of hydrogen-bond donors (Lipinski definition) is 1. The van der Waals surface area contributed by atoms with Crippen molar-refractivity contribution in [2.75, 3.05) is 19.7 Å². The Morgan fingerprint density at radius 1 is 1.16 bits per heavy atom. The third-order valence-electron chi connectivity index (χ3n) is 3.85. The monoisotopic (exact) mass is 256 g/mol. The van der Waals surface area contributed by atoms with E-state index in [1.165, 1.54) is 12.8 Å². The summed E-state index contributed by atoms with van der Waals surface area (Å²) in [4.78, 5) is 4.35. The predicted octanol–water partition coefficient (Wildman–Crippen LogP) is 3.00. The molecule has 19 heavy (non-hydrogen) atoms. The average molecular weight is 256 g/mol. The van der Waals surface area contributed by atoms with Crippen molar-refractivity contribution in [3.63, 3.8) is 0 Å². The molecule has 0 unspecified atom stereocenters. The summed E-state index contributed by atoms with van der Waals surface area (Å²) >= 11 is 0. The van der Waals surface area contributed by atoms with Gasteiger partial charge in [-0.1, -0.05) is 6.07 Å². The van der Waals surface area contributed by atoms with Gasteiger partial charge in [0.2, 0.25) is 0 Å². The number of piperidine rings is 1. The van der Waals surface area contributed by atoms with Crippen LogP contribution in [0.3, 0.4) is 0 Å². The van der Waals surface area contributed by atoms with Crippen molar-refractivity contribution in [2.24, 2.45) is 5.92 Å². The molecule has 3 rings (SSSR count). The van der Waals surface area contributed by atoms with Crippen LogP contribution in [-0.2, 0) is 0 Å². The topological polar surface area (TPSA) is 34.1 Å². The van der Waals surface area contributed by atoms with E-state index in [4.69, 9.17) is 4.74 Å². The van der Waals surface area contributed by atoms with Crippen LogP contribution in [0.2, 0.25) is 0 Å². The quantitative estimate of drug-likeness (QED) is 0.913. The maximum absolute atomic E-state index is 5.96. The Morgan fingerprint density at radius 3 is 2.95 bits per heavy atom. The number of fused-ring (bicyclic) bond motifs is 1. The van der Waals surface area contributed by atoms with E-state index < -0.39 is 0 Å². The number of nitrogens with one attached hydrogen (secondary N) is 1. The molecule has 1 aromatic carbocycles. The van der Waals surface area contributed by atoms with E-state index >= 15 is 0 Å². The minimum atomic E-state index is 0.804. The molecule has 1 aliphatic heterocycles. The molecular formula is C16H20N2O. The molecule has 1 aliphatic rings. The van der Waals surface area contributed by atoms with Gasteiger partial charge in [0.15, 0.2) is 0 Å². The zero-order valence-electron chi connectivity index (χ0n) is 11.1. The van der Waals surface area contributed by atoms with Crippen LogP contribution in [-0.4, -0.2) is 24.7 Å². The predicted molar refractivity (Wildman–Crippen MR) is 77.4 cm³/mol. The fourth-order valence-corrected chi connectivity index (χ4v) is 2.71. The Morgan fingerprint density at radius 2 is 2.05 bits per heavy atom. The average Bonchev–Trinajstić information content (AvgIpc) is 2.49. The molecule has 1 aromatic heterocycles. The summed E-state index contributed by atoms with van der Waals surface area (Å²) in [5.74, 6) is 1.77. The standard InChI is InChI=1S/C16H20N2O/c1-4-15-14(3-2-9-18-15)16(5-1)19-12-8-13-6-10-17-11-7-13/h1-5,9,13,17H,6-8,10-12H2. The van der Waals surface area contributed by atoms with Crippen LogP contribution in [0.15, 0.2) is 36.5 Å². The molecule has 0 saturated carbocycles. The van der Waals surface area contributed by atoms with Crippen LogP contribution in [0.1, 0.15) is 19.3 Å². The van der Waals surface area contributed by atoms with Gasteiger partial charge >= 0.3 is 0 Å². The molecule has 2 heterocycles. The van der Waals surface area contributed by atoms with Gasteiger partial charge in [0.1, 0.15) is 5.75 Å². The highest BCUT2D eigenvalue weighted by molar-refractivity contribution is 5.84. The summed E-state index contributed by atoms with van der Waals surface area (Å²) in [6.07, 6.45) is 5.53. The number of nitrogens with zero attached hydrogens (tertiary/aromatic N) is 1. The van der Waals surface area contributed by atoms with Crippen LogP contribution in [0.25, 0.3) is 10.9 Å². The zero-order chi connectivity index (χ0) is 12.9. The van der Waals surface area contributed by atoms with Crippen LogP contribution in [0.5, 0.6) is 5.75 Å². The number of aromatic nitrogens is 1. The van der Waals surface area contributed by atoms with E-state index in [0.717, 1.165) is 48.7 Å². The highest BCUT2D eigenvalue weighted by Crippen LogP contribution is 2.24. The second-order valence-electron chi connectivity index (χ2n) is 5.16. The molecule has 3 nitrogen and oxygen atoms in total. The molecule has 0 aliphatic carbocycles. The van der Waals surface area contributed by atoms with E-state index in [-0.39, 0.29) is 0 Å². The fourth-order valence-electron chi connectivity index (χ4n) is 2.71. The summed E-state index contributed by atoms with van der Waals surface area (Å²) in [6.45, 7) is 3.12. The molecular weight excluding hydrogens is 236 g/mol. The Labute approximate surface area is 114 Å². The van der Waals surface area contributed by atoms with E-state index in [0.29, 0.717) is 0 Å². The SMILES string of the molecule is c1cc(OCCC2CCNCC2)c2cccnc2c1. The summed E-state index contributed by atoms with van der Waals surface area (Å²) in [5, 5.41) is 4.50. The molecule has 1 fully saturated rings. The van der Waals surface area contributed by atoms with Gasteiger partial charge in [0.05, 0.1) is 12.1 Å². The van der Waals surface area contributed by atoms with Crippen LogP contribution < -0.4 is 10.1 Å². The normalized spacial score (nSPS) is 16.6. The molecule has 0 amide bonds. The Kier molecular flexibility index (Phi) is 3.94. The Bertz CT molecular complexity index is 530. The van der Waals surface area contributed by atoms with Crippen molar-refractivity contribution in [1.82, 2.24) is 10.3 Å². The third-order valence-corrected chi connectivity index (χ3v) is 3.85. The first-order valence-corrected chi connectivity index (χ1v) is 7.11. The van der Waals surface area contributed by atoms with Gasteiger partial charge in [0, 0.05) is 11.6 Å². The Balaban J connectivity index is 1.62. The van der Waals surface area contributed by atoms with E-state index in [9.17, 15) is 0 Å². The maximum Gasteiger partial charge on any atom is 0.128 e. The van der Waals surface area contributed by atoms with Crippen molar-refractivity contribution in [2.45, 2.75) is 19.3 Å². The van der Waals surface area contributed by atoms with Gasteiger partial charge in [-0.05, 0) is 62.5 Å². The summed E-state index contributed by atoms with van der Waals surface area (Å²) in [5.41, 5.74) is 1.00. The lowest BCUT2D eigenvalue weighted by Crippen LogP contribution is -2.28. The van der Waals surface area contributed by atoms with Crippen LogP contribution >= 0.6 is 0 Å². The summed E-state index contributed by atoms with van der Waals surface area (Å²) in [6, 6.07) is 10.1. The number of hydrogen-bond acceptors (Lipinski definition) is 3. The highest BCUT2D eigenvalue weighted by Gasteiger charge is 2.13. The molecule has 0 atom stereocenters. The highest BCUT2D eigenvalue weighted by atomic mass is 16.5. The third kappa shape index (κ3) is 3.04. The van der Waals surface area contributed by atoms with Crippen molar-refractivity contribution >= 4 is 10.9 Å². The number of pyridine rings is 1. The lowest BCUT2D eigenvalue weighted by atomic mass is 9.95. The van der Waals surface area contributed by atoms with Crippen LogP contribution in [0, 0.1) is 5.92 Å². The van der Waals surface area contributed by atoms with E-state index in [1.807, 2.05) is 30.5 Å². The van der Waals surface area contributed by atoms with Crippen molar-refractivity contribution in [1.29, 1.82) is 0 Å². The van der Waals surface area contributed by atoms with Gasteiger partial charge < -0.3 is 10.1 Å².